The number of primary amides is 1. The Hall–Kier alpha value is -1.26. The zero-order valence-electron chi connectivity index (χ0n) is 10.5. The smallest absolute Gasteiger partial charge is 0.404 e. The molecule has 0 bridgehead atoms. The molecule has 0 saturated heterocycles. The molecule has 1 amide bonds. The number of rotatable bonds is 5. The van der Waals surface area contributed by atoms with Crippen molar-refractivity contribution in [2.45, 2.75) is 38.4 Å². The minimum absolute atomic E-state index is 0.392. The van der Waals surface area contributed by atoms with Gasteiger partial charge in [-0.3, -0.25) is 0 Å². The highest BCUT2D eigenvalue weighted by Gasteiger charge is 2.29. The molecule has 0 radical (unpaired) electrons. The average Bonchev–Trinajstić information content (AvgIpc) is 2.30. The number of carbonyl (C=O) groups is 1. The number of benzene rings is 1. The Bertz CT molecular complexity index is 411. The molecule has 3 atom stereocenters. The lowest BCUT2D eigenvalue weighted by Crippen LogP contribution is -2.33. The van der Waals surface area contributed by atoms with Crippen molar-refractivity contribution in [3.05, 3.63) is 34.9 Å². The van der Waals surface area contributed by atoms with E-state index in [9.17, 15) is 9.90 Å². The topological polar surface area (TPSA) is 72.6 Å². The highest BCUT2D eigenvalue weighted by atomic mass is 35.5. The fraction of sp³-hybridized carbons (Fsp3) is 0.462. The Morgan fingerprint density at radius 2 is 2.11 bits per heavy atom. The molecule has 1 rings (SSSR count). The molecule has 0 aliphatic heterocycles. The van der Waals surface area contributed by atoms with E-state index >= 15 is 0 Å². The lowest BCUT2D eigenvalue weighted by Gasteiger charge is -2.28. The molecule has 3 unspecified atom stereocenters. The summed E-state index contributed by atoms with van der Waals surface area (Å²) in [5, 5.41) is 10.6. The lowest BCUT2D eigenvalue weighted by atomic mass is 9.87. The predicted molar refractivity (Wildman–Crippen MR) is 70.6 cm³/mol. The molecule has 0 saturated carbocycles. The van der Waals surface area contributed by atoms with Crippen LogP contribution in [0.1, 0.15) is 31.7 Å². The fourth-order valence-electron chi connectivity index (χ4n) is 2.03. The van der Waals surface area contributed by atoms with E-state index in [0.29, 0.717) is 11.4 Å². The SMILES string of the molecule is CCC(O)C(c1ccccc1Cl)C(C)OC(N)=O. The first-order valence-corrected chi connectivity index (χ1v) is 6.23. The van der Waals surface area contributed by atoms with Crippen molar-refractivity contribution in [1.29, 1.82) is 0 Å². The number of carbonyl (C=O) groups excluding carboxylic acids is 1. The van der Waals surface area contributed by atoms with E-state index in [4.69, 9.17) is 22.1 Å². The fourth-order valence-corrected chi connectivity index (χ4v) is 2.29. The molecule has 0 aliphatic carbocycles. The summed E-state index contributed by atoms with van der Waals surface area (Å²) in [4.78, 5) is 10.8. The van der Waals surface area contributed by atoms with Gasteiger partial charge in [-0.15, -0.1) is 0 Å². The Labute approximate surface area is 112 Å². The first-order valence-electron chi connectivity index (χ1n) is 5.86. The van der Waals surface area contributed by atoms with Crippen LogP contribution < -0.4 is 5.73 Å². The normalized spacial score (nSPS) is 15.8. The van der Waals surface area contributed by atoms with E-state index in [-0.39, 0.29) is 0 Å². The largest absolute Gasteiger partial charge is 0.446 e. The second-order valence-electron chi connectivity index (χ2n) is 4.16. The molecule has 1 aromatic carbocycles. The van der Waals surface area contributed by atoms with Crippen LogP contribution in [0.4, 0.5) is 4.79 Å². The first kappa shape index (κ1) is 14.8. The standard InChI is InChI=1S/C13H18ClNO3/c1-3-11(16)12(8(2)18-13(15)17)9-6-4-5-7-10(9)14/h4-8,11-12,16H,3H2,1-2H3,(H2,15,17). The van der Waals surface area contributed by atoms with E-state index in [1.165, 1.54) is 0 Å². The van der Waals surface area contributed by atoms with Gasteiger partial charge in [0, 0.05) is 10.9 Å². The van der Waals surface area contributed by atoms with Crippen molar-refractivity contribution in [3.63, 3.8) is 0 Å². The molecule has 0 spiro atoms. The minimum Gasteiger partial charge on any atom is -0.446 e. The number of ether oxygens (including phenoxy) is 1. The molecule has 4 nitrogen and oxygen atoms in total. The Balaban J connectivity index is 3.05. The van der Waals surface area contributed by atoms with Crippen LogP contribution in [0.2, 0.25) is 5.02 Å². The van der Waals surface area contributed by atoms with Crippen LogP contribution >= 0.6 is 11.6 Å². The predicted octanol–water partition coefficient (Wildman–Crippen LogP) is 2.68. The summed E-state index contributed by atoms with van der Waals surface area (Å²) in [6.45, 7) is 3.54. The third-order valence-corrected chi connectivity index (χ3v) is 3.25. The molecule has 100 valence electrons. The number of amides is 1. The molecule has 0 fully saturated rings. The third-order valence-electron chi connectivity index (χ3n) is 2.90. The highest BCUT2D eigenvalue weighted by Crippen LogP contribution is 2.32. The van der Waals surface area contributed by atoms with Crippen molar-refractivity contribution >= 4 is 17.7 Å². The summed E-state index contributed by atoms with van der Waals surface area (Å²) in [5.74, 6) is -0.392. The highest BCUT2D eigenvalue weighted by molar-refractivity contribution is 6.31. The number of halogens is 1. The third kappa shape index (κ3) is 3.62. The molecule has 1 aromatic rings. The summed E-state index contributed by atoms with van der Waals surface area (Å²) in [6, 6.07) is 7.18. The van der Waals surface area contributed by atoms with Crippen molar-refractivity contribution in [3.8, 4) is 0 Å². The average molecular weight is 272 g/mol. The summed E-state index contributed by atoms with van der Waals surface area (Å²) >= 11 is 6.12. The Kier molecular flexibility index (Phi) is 5.44. The van der Waals surface area contributed by atoms with Gasteiger partial charge in [-0.1, -0.05) is 36.7 Å². The van der Waals surface area contributed by atoms with Crippen LogP contribution in [0, 0.1) is 0 Å². The van der Waals surface area contributed by atoms with E-state index in [0.717, 1.165) is 5.56 Å². The van der Waals surface area contributed by atoms with Gasteiger partial charge >= 0.3 is 6.09 Å². The van der Waals surface area contributed by atoms with E-state index < -0.39 is 24.2 Å². The first-order chi connectivity index (χ1) is 8.47. The van der Waals surface area contributed by atoms with Crippen molar-refractivity contribution in [2.75, 3.05) is 0 Å². The Morgan fingerprint density at radius 3 is 2.61 bits per heavy atom. The van der Waals surface area contributed by atoms with Gasteiger partial charge in [0.2, 0.25) is 0 Å². The van der Waals surface area contributed by atoms with Gasteiger partial charge in [-0.2, -0.15) is 0 Å². The minimum atomic E-state index is -0.858. The summed E-state index contributed by atoms with van der Waals surface area (Å²) in [5.41, 5.74) is 5.77. The second kappa shape index (κ2) is 6.61. The number of aliphatic hydroxyl groups excluding tert-OH is 1. The second-order valence-corrected chi connectivity index (χ2v) is 4.57. The maximum atomic E-state index is 10.8. The van der Waals surface area contributed by atoms with E-state index in [2.05, 4.69) is 0 Å². The van der Waals surface area contributed by atoms with Gasteiger partial charge in [0.25, 0.3) is 0 Å². The molecular weight excluding hydrogens is 254 g/mol. The molecular formula is C13H18ClNO3. The number of hydrogen-bond acceptors (Lipinski definition) is 3. The van der Waals surface area contributed by atoms with Crippen LogP contribution in [0.3, 0.4) is 0 Å². The van der Waals surface area contributed by atoms with Gasteiger partial charge in [0.15, 0.2) is 0 Å². The molecule has 0 heterocycles. The van der Waals surface area contributed by atoms with Gasteiger partial charge in [0.1, 0.15) is 6.10 Å². The van der Waals surface area contributed by atoms with Gasteiger partial charge < -0.3 is 15.6 Å². The molecule has 3 N–H and O–H groups in total. The van der Waals surface area contributed by atoms with Crippen LogP contribution in [0.25, 0.3) is 0 Å². The van der Waals surface area contributed by atoms with Crippen LogP contribution in [-0.4, -0.2) is 23.4 Å². The number of aliphatic hydroxyl groups is 1. The van der Waals surface area contributed by atoms with Gasteiger partial charge in [-0.05, 0) is 25.0 Å². The van der Waals surface area contributed by atoms with Gasteiger partial charge in [0.05, 0.1) is 6.10 Å². The van der Waals surface area contributed by atoms with Crippen molar-refractivity contribution in [2.24, 2.45) is 5.73 Å². The quantitative estimate of drug-likeness (QED) is 0.865. The van der Waals surface area contributed by atoms with Crippen LogP contribution in [0.5, 0.6) is 0 Å². The van der Waals surface area contributed by atoms with E-state index in [1.807, 2.05) is 19.1 Å². The van der Waals surface area contributed by atoms with Crippen molar-refractivity contribution in [1.82, 2.24) is 0 Å². The van der Waals surface area contributed by atoms with Crippen LogP contribution in [-0.2, 0) is 4.74 Å². The van der Waals surface area contributed by atoms with Crippen LogP contribution in [0.15, 0.2) is 24.3 Å². The lowest BCUT2D eigenvalue weighted by molar-refractivity contribution is 0.0440. The van der Waals surface area contributed by atoms with E-state index in [1.54, 1.807) is 19.1 Å². The monoisotopic (exact) mass is 271 g/mol. The molecule has 0 aliphatic rings. The zero-order chi connectivity index (χ0) is 13.7. The van der Waals surface area contributed by atoms with Gasteiger partial charge in [-0.25, -0.2) is 4.79 Å². The summed E-state index contributed by atoms with van der Waals surface area (Å²) in [7, 11) is 0. The maximum Gasteiger partial charge on any atom is 0.404 e. The molecule has 5 heteroatoms. The number of nitrogens with two attached hydrogens (primary N) is 1. The summed E-state index contributed by atoms with van der Waals surface area (Å²) < 4.78 is 4.96. The molecule has 18 heavy (non-hydrogen) atoms. The zero-order valence-corrected chi connectivity index (χ0v) is 11.2. The Morgan fingerprint density at radius 1 is 1.50 bits per heavy atom. The van der Waals surface area contributed by atoms with Crippen molar-refractivity contribution < 1.29 is 14.6 Å². The summed E-state index contributed by atoms with van der Waals surface area (Å²) in [6.07, 6.45) is -1.53. The number of hydrogen-bond donors (Lipinski definition) is 2. The molecule has 0 aromatic heterocycles. The maximum absolute atomic E-state index is 10.8.